The molecule has 5 rings (SSSR count). The number of amides is 1. The fraction of sp³-hybridized carbons (Fsp3) is 0.174. The second kappa shape index (κ2) is 6.71. The van der Waals surface area contributed by atoms with E-state index in [-0.39, 0.29) is 5.91 Å². The molecule has 144 valence electrons. The average Bonchev–Trinajstić information content (AvgIpc) is 3.39. The van der Waals surface area contributed by atoms with Crippen molar-refractivity contribution in [2.75, 3.05) is 5.32 Å². The number of anilines is 1. The molecule has 2 aromatic heterocycles. The lowest BCUT2D eigenvalue weighted by Gasteiger charge is -2.14. The van der Waals surface area contributed by atoms with E-state index in [4.69, 9.17) is 16.1 Å². The number of aromatic nitrogens is 2. The van der Waals surface area contributed by atoms with E-state index in [1.54, 1.807) is 12.1 Å². The van der Waals surface area contributed by atoms with E-state index in [9.17, 15) is 4.79 Å². The van der Waals surface area contributed by atoms with Crippen molar-refractivity contribution < 1.29 is 9.32 Å². The zero-order valence-corrected chi connectivity index (χ0v) is 16.5. The van der Waals surface area contributed by atoms with Crippen LogP contribution < -0.4 is 5.32 Å². The first-order chi connectivity index (χ1) is 14.0. The average molecular weight is 404 g/mol. The van der Waals surface area contributed by atoms with Gasteiger partial charge in [0.1, 0.15) is 0 Å². The lowest BCUT2D eigenvalue weighted by Crippen LogP contribution is -2.28. The highest BCUT2D eigenvalue weighted by molar-refractivity contribution is 6.30. The normalized spacial score (nSPS) is 14.7. The summed E-state index contributed by atoms with van der Waals surface area (Å²) < 4.78 is 5.52. The van der Waals surface area contributed by atoms with Gasteiger partial charge < -0.3 is 9.84 Å². The molecular formula is C23H18ClN3O2. The molecular weight excluding hydrogens is 386 g/mol. The van der Waals surface area contributed by atoms with Crippen molar-refractivity contribution in [3.05, 3.63) is 77.1 Å². The van der Waals surface area contributed by atoms with Crippen LogP contribution in [0.1, 0.15) is 24.2 Å². The Morgan fingerprint density at radius 2 is 1.86 bits per heavy atom. The van der Waals surface area contributed by atoms with Crippen LogP contribution in [0.5, 0.6) is 0 Å². The van der Waals surface area contributed by atoms with Gasteiger partial charge in [0.25, 0.3) is 0 Å². The minimum atomic E-state index is -0.646. The molecule has 0 aliphatic heterocycles. The van der Waals surface area contributed by atoms with Gasteiger partial charge in [-0.15, -0.1) is 0 Å². The molecule has 1 saturated carbocycles. The Morgan fingerprint density at radius 3 is 2.62 bits per heavy atom. The third kappa shape index (κ3) is 3.17. The largest absolute Gasteiger partial charge is 0.356 e. The van der Waals surface area contributed by atoms with Crippen LogP contribution in [0.15, 0.2) is 65.2 Å². The van der Waals surface area contributed by atoms with Gasteiger partial charge >= 0.3 is 0 Å². The number of rotatable bonds is 4. The molecule has 2 heterocycles. The van der Waals surface area contributed by atoms with E-state index in [1.165, 1.54) is 0 Å². The molecule has 0 saturated heterocycles. The number of fused-ring (bicyclic) bond motifs is 1. The van der Waals surface area contributed by atoms with Gasteiger partial charge in [0.05, 0.1) is 22.3 Å². The van der Waals surface area contributed by atoms with Crippen molar-refractivity contribution in [3.8, 4) is 11.3 Å². The highest BCUT2D eigenvalue weighted by Gasteiger charge is 2.54. The summed E-state index contributed by atoms with van der Waals surface area (Å²) in [6, 6.07) is 18.9. The second-order valence-corrected chi connectivity index (χ2v) is 7.88. The molecule has 1 aliphatic carbocycles. The maximum Gasteiger partial charge on any atom is 0.236 e. The number of carbonyl (C=O) groups excluding carboxylic acids is 1. The Kier molecular flexibility index (Phi) is 4.14. The molecule has 6 heteroatoms. The molecule has 0 atom stereocenters. The van der Waals surface area contributed by atoms with Crippen LogP contribution >= 0.6 is 11.6 Å². The molecule has 1 aliphatic rings. The quantitative estimate of drug-likeness (QED) is 0.487. The fourth-order valence-electron chi connectivity index (χ4n) is 3.63. The highest BCUT2D eigenvalue weighted by atomic mass is 35.5. The first-order valence-electron chi connectivity index (χ1n) is 9.46. The summed E-state index contributed by atoms with van der Waals surface area (Å²) in [6.07, 6.45) is 1.49. The molecule has 4 aromatic rings. The van der Waals surface area contributed by atoms with Crippen LogP contribution in [0.25, 0.3) is 22.2 Å². The van der Waals surface area contributed by atoms with Crippen molar-refractivity contribution in [2.24, 2.45) is 0 Å². The molecule has 1 fully saturated rings. The number of nitrogens with zero attached hydrogens (tertiary/aromatic N) is 2. The molecule has 0 spiro atoms. The zero-order chi connectivity index (χ0) is 20.0. The standard InChI is InChI=1S/C23H18ClN3O2/c1-14-12-19(17-4-2-3-5-18(17)25-14)26-22(28)23(10-11-23)21-13-20(29-27-21)15-6-8-16(24)9-7-15/h2-9,12-13H,10-11H2,1H3,(H,25,26,28). The van der Waals surface area contributed by atoms with Crippen LogP contribution in [0.3, 0.4) is 0 Å². The molecule has 5 nitrogen and oxygen atoms in total. The number of hydrogen-bond acceptors (Lipinski definition) is 4. The second-order valence-electron chi connectivity index (χ2n) is 7.45. The number of halogens is 1. The number of carbonyl (C=O) groups is 1. The van der Waals surface area contributed by atoms with Gasteiger partial charge in [0, 0.05) is 27.7 Å². The molecule has 29 heavy (non-hydrogen) atoms. The third-order valence-corrected chi connectivity index (χ3v) is 5.66. The number of hydrogen-bond donors (Lipinski definition) is 1. The number of benzene rings is 2. The molecule has 0 radical (unpaired) electrons. The zero-order valence-electron chi connectivity index (χ0n) is 15.8. The lowest BCUT2D eigenvalue weighted by atomic mass is 10.00. The maximum atomic E-state index is 13.2. The van der Waals surface area contributed by atoms with Crippen molar-refractivity contribution in [3.63, 3.8) is 0 Å². The number of nitrogens with one attached hydrogen (secondary N) is 1. The summed E-state index contributed by atoms with van der Waals surface area (Å²) in [5, 5.41) is 8.90. The summed E-state index contributed by atoms with van der Waals surface area (Å²) in [6.45, 7) is 1.92. The van der Waals surface area contributed by atoms with Gasteiger partial charge in [0.2, 0.25) is 5.91 Å². The molecule has 1 amide bonds. The number of aryl methyl sites for hydroxylation is 1. The number of para-hydroxylation sites is 1. The predicted molar refractivity (Wildman–Crippen MR) is 113 cm³/mol. The van der Waals surface area contributed by atoms with Gasteiger partial charge in [-0.1, -0.05) is 35.0 Å². The van der Waals surface area contributed by atoms with Gasteiger partial charge in [-0.05, 0) is 56.2 Å². The van der Waals surface area contributed by atoms with E-state index >= 15 is 0 Å². The fourth-order valence-corrected chi connectivity index (χ4v) is 3.75. The summed E-state index contributed by atoms with van der Waals surface area (Å²) in [5.74, 6) is 0.560. The minimum Gasteiger partial charge on any atom is -0.356 e. The van der Waals surface area contributed by atoms with E-state index in [1.807, 2.05) is 55.5 Å². The molecule has 2 aromatic carbocycles. The van der Waals surface area contributed by atoms with E-state index in [2.05, 4.69) is 15.5 Å². The lowest BCUT2D eigenvalue weighted by molar-refractivity contribution is -0.118. The number of pyridine rings is 1. The Hall–Kier alpha value is -3.18. The summed E-state index contributed by atoms with van der Waals surface area (Å²) in [5.41, 5.74) is 3.38. The summed E-state index contributed by atoms with van der Waals surface area (Å²) >= 11 is 5.95. The van der Waals surface area contributed by atoms with E-state index in [0.29, 0.717) is 16.5 Å². The Labute approximate surface area is 172 Å². The van der Waals surface area contributed by atoms with Crippen LogP contribution in [0.2, 0.25) is 5.02 Å². The molecule has 1 N–H and O–H groups in total. The van der Waals surface area contributed by atoms with Crippen molar-refractivity contribution in [1.29, 1.82) is 0 Å². The highest BCUT2D eigenvalue weighted by Crippen LogP contribution is 2.49. The van der Waals surface area contributed by atoms with Gasteiger partial charge in [-0.25, -0.2) is 0 Å². The first kappa shape index (κ1) is 17.9. The summed E-state index contributed by atoms with van der Waals surface area (Å²) in [4.78, 5) is 17.7. The van der Waals surface area contributed by atoms with Gasteiger partial charge in [-0.3, -0.25) is 9.78 Å². The van der Waals surface area contributed by atoms with Crippen LogP contribution in [-0.4, -0.2) is 16.0 Å². The van der Waals surface area contributed by atoms with Gasteiger partial charge in [0.15, 0.2) is 5.76 Å². The van der Waals surface area contributed by atoms with Crippen LogP contribution in [0.4, 0.5) is 5.69 Å². The first-order valence-corrected chi connectivity index (χ1v) is 9.84. The van der Waals surface area contributed by atoms with Crippen molar-refractivity contribution >= 4 is 34.1 Å². The van der Waals surface area contributed by atoms with Crippen LogP contribution in [-0.2, 0) is 10.2 Å². The predicted octanol–water partition coefficient (Wildman–Crippen LogP) is 5.52. The monoisotopic (exact) mass is 403 g/mol. The van der Waals surface area contributed by atoms with E-state index in [0.717, 1.165) is 40.7 Å². The Bertz CT molecular complexity index is 1230. The van der Waals surface area contributed by atoms with Crippen LogP contribution in [0, 0.1) is 6.92 Å². The van der Waals surface area contributed by atoms with Gasteiger partial charge in [-0.2, -0.15) is 0 Å². The topological polar surface area (TPSA) is 68.0 Å². The van der Waals surface area contributed by atoms with E-state index < -0.39 is 5.41 Å². The maximum absolute atomic E-state index is 13.2. The smallest absolute Gasteiger partial charge is 0.236 e. The SMILES string of the molecule is Cc1cc(NC(=O)C2(c3cc(-c4ccc(Cl)cc4)on3)CC2)c2ccccc2n1. The Morgan fingerprint density at radius 1 is 1.10 bits per heavy atom. The summed E-state index contributed by atoms with van der Waals surface area (Å²) in [7, 11) is 0. The van der Waals surface area contributed by atoms with Crippen molar-refractivity contribution in [1.82, 2.24) is 10.1 Å². The molecule has 0 bridgehead atoms. The molecule has 0 unspecified atom stereocenters. The Balaban J connectivity index is 1.44. The third-order valence-electron chi connectivity index (χ3n) is 5.41. The minimum absolute atomic E-state index is 0.0655. The van der Waals surface area contributed by atoms with Crippen molar-refractivity contribution in [2.45, 2.75) is 25.2 Å².